The standard InChI is InChI=1S/C13H13N3O3/c1-9(13(18)19)14-12(17)11-7-8-16(15-11)10-5-3-2-4-6-10/h2-9H,1H3,(H,14,17)(H,18,19)/t9-/m0/s1. The molecular formula is C13H13N3O3. The molecule has 2 aromatic rings. The maximum absolute atomic E-state index is 11.8. The van der Waals surface area contributed by atoms with Gasteiger partial charge in [0.1, 0.15) is 6.04 Å². The minimum Gasteiger partial charge on any atom is -0.480 e. The summed E-state index contributed by atoms with van der Waals surface area (Å²) in [7, 11) is 0. The highest BCUT2D eigenvalue weighted by Gasteiger charge is 2.17. The molecule has 19 heavy (non-hydrogen) atoms. The Kier molecular flexibility index (Phi) is 3.61. The highest BCUT2D eigenvalue weighted by molar-refractivity contribution is 5.94. The topological polar surface area (TPSA) is 84.2 Å². The summed E-state index contributed by atoms with van der Waals surface area (Å²) in [6.45, 7) is 1.40. The van der Waals surface area contributed by atoms with Crippen LogP contribution in [0.5, 0.6) is 0 Å². The number of benzene rings is 1. The lowest BCUT2D eigenvalue weighted by molar-refractivity contribution is -0.138. The number of carbonyl (C=O) groups is 2. The number of carboxylic acids is 1. The van der Waals surface area contributed by atoms with Crippen LogP contribution in [0.1, 0.15) is 17.4 Å². The highest BCUT2D eigenvalue weighted by atomic mass is 16.4. The van der Waals surface area contributed by atoms with E-state index in [1.807, 2.05) is 30.3 Å². The molecular weight excluding hydrogens is 246 g/mol. The van der Waals surface area contributed by atoms with Crippen molar-refractivity contribution < 1.29 is 14.7 Å². The van der Waals surface area contributed by atoms with Gasteiger partial charge in [-0.1, -0.05) is 18.2 Å². The van der Waals surface area contributed by atoms with Crippen LogP contribution in [0.3, 0.4) is 0 Å². The van der Waals surface area contributed by atoms with Gasteiger partial charge in [-0.3, -0.25) is 9.59 Å². The maximum atomic E-state index is 11.8. The number of hydrogen-bond donors (Lipinski definition) is 2. The van der Waals surface area contributed by atoms with Crippen molar-refractivity contribution in [1.29, 1.82) is 0 Å². The van der Waals surface area contributed by atoms with E-state index in [0.29, 0.717) is 0 Å². The van der Waals surface area contributed by atoms with Crippen LogP contribution in [0, 0.1) is 0 Å². The summed E-state index contributed by atoms with van der Waals surface area (Å²) >= 11 is 0. The largest absolute Gasteiger partial charge is 0.480 e. The molecule has 6 heteroatoms. The van der Waals surface area contributed by atoms with E-state index in [0.717, 1.165) is 5.69 Å². The van der Waals surface area contributed by atoms with E-state index in [1.54, 1.807) is 10.9 Å². The van der Waals surface area contributed by atoms with Gasteiger partial charge in [0, 0.05) is 6.20 Å². The van der Waals surface area contributed by atoms with E-state index in [1.165, 1.54) is 13.0 Å². The first kappa shape index (κ1) is 12.8. The van der Waals surface area contributed by atoms with Crippen molar-refractivity contribution >= 4 is 11.9 Å². The molecule has 2 N–H and O–H groups in total. The predicted molar refractivity (Wildman–Crippen MR) is 68.1 cm³/mol. The summed E-state index contributed by atoms with van der Waals surface area (Å²) in [4.78, 5) is 22.4. The maximum Gasteiger partial charge on any atom is 0.325 e. The number of carbonyl (C=O) groups excluding carboxylic acids is 1. The fourth-order valence-electron chi connectivity index (χ4n) is 1.50. The Labute approximate surface area is 109 Å². The van der Waals surface area contributed by atoms with Crippen LogP contribution in [0.25, 0.3) is 5.69 Å². The summed E-state index contributed by atoms with van der Waals surface area (Å²) < 4.78 is 1.56. The van der Waals surface area contributed by atoms with E-state index < -0.39 is 17.9 Å². The Balaban J connectivity index is 2.13. The van der Waals surface area contributed by atoms with Crippen LogP contribution in [0.4, 0.5) is 0 Å². The van der Waals surface area contributed by atoms with Gasteiger partial charge in [-0.2, -0.15) is 5.10 Å². The molecule has 1 atom stereocenters. The molecule has 0 unspecified atom stereocenters. The molecule has 0 saturated heterocycles. The van der Waals surface area contributed by atoms with Crippen molar-refractivity contribution in [2.75, 3.05) is 0 Å². The van der Waals surface area contributed by atoms with Gasteiger partial charge in [0.25, 0.3) is 5.91 Å². The van der Waals surface area contributed by atoms with Gasteiger partial charge < -0.3 is 10.4 Å². The molecule has 1 aromatic heterocycles. The summed E-state index contributed by atoms with van der Waals surface area (Å²) in [5.41, 5.74) is 1.00. The smallest absolute Gasteiger partial charge is 0.325 e. The van der Waals surface area contributed by atoms with Gasteiger partial charge >= 0.3 is 5.97 Å². The average Bonchev–Trinajstić information content (AvgIpc) is 2.89. The zero-order chi connectivity index (χ0) is 13.8. The first-order chi connectivity index (χ1) is 9.08. The van der Waals surface area contributed by atoms with Crippen molar-refractivity contribution in [1.82, 2.24) is 15.1 Å². The van der Waals surface area contributed by atoms with E-state index >= 15 is 0 Å². The minimum atomic E-state index is -1.09. The SMILES string of the molecule is C[C@H](NC(=O)c1ccn(-c2ccccc2)n1)C(=O)O. The number of hydrogen-bond acceptors (Lipinski definition) is 3. The van der Waals surface area contributed by atoms with Crippen molar-refractivity contribution in [2.45, 2.75) is 13.0 Å². The number of nitrogens with one attached hydrogen (secondary N) is 1. The van der Waals surface area contributed by atoms with Gasteiger partial charge in [0.15, 0.2) is 5.69 Å². The van der Waals surface area contributed by atoms with Gasteiger partial charge in [-0.25, -0.2) is 4.68 Å². The molecule has 1 amide bonds. The molecule has 0 aliphatic heterocycles. The second kappa shape index (κ2) is 5.34. The van der Waals surface area contributed by atoms with Crippen molar-refractivity contribution in [3.63, 3.8) is 0 Å². The normalized spacial score (nSPS) is 11.8. The van der Waals surface area contributed by atoms with E-state index in [-0.39, 0.29) is 5.69 Å². The summed E-state index contributed by atoms with van der Waals surface area (Å²) in [5.74, 6) is -1.60. The molecule has 1 aromatic carbocycles. The van der Waals surface area contributed by atoms with Crippen LogP contribution >= 0.6 is 0 Å². The molecule has 2 rings (SSSR count). The lowest BCUT2D eigenvalue weighted by atomic mass is 10.3. The monoisotopic (exact) mass is 259 g/mol. The van der Waals surface area contributed by atoms with Gasteiger partial charge in [-0.05, 0) is 25.1 Å². The van der Waals surface area contributed by atoms with Crippen LogP contribution in [0.2, 0.25) is 0 Å². The Morgan fingerprint density at radius 1 is 1.26 bits per heavy atom. The molecule has 0 aliphatic carbocycles. The third kappa shape index (κ3) is 2.98. The van der Waals surface area contributed by atoms with Gasteiger partial charge in [0.05, 0.1) is 5.69 Å². The van der Waals surface area contributed by atoms with Crippen molar-refractivity contribution in [3.05, 3.63) is 48.3 Å². The van der Waals surface area contributed by atoms with Gasteiger partial charge in [-0.15, -0.1) is 0 Å². The molecule has 0 aliphatic rings. The number of carboxylic acid groups (broad SMARTS) is 1. The molecule has 98 valence electrons. The first-order valence-corrected chi connectivity index (χ1v) is 5.72. The minimum absolute atomic E-state index is 0.178. The third-order valence-corrected chi connectivity index (χ3v) is 2.56. The average molecular weight is 259 g/mol. The first-order valence-electron chi connectivity index (χ1n) is 5.72. The zero-order valence-corrected chi connectivity index (χ0v) is 10.3. The molecule has 1 heterocycles. The number of para-hydroxylation sites is 1. The Bertz CT molecular complexity index is 592. The van der Waals surface area contributed by atoms with Crippen LogP contribution in [-0.4, -0.2) is 32.8 Å². The Morgan fingerprint density at radius 2 is 1.95 bits per heavy atom. The molecule has 0 saturated carbocycles. The second-order valence-electron chi connectivity index (χ2n) is 4.01. The fraction of sp³-hybridized carbons (Fsp3) is 0.154. The summed E-state index contributed by atoms with van der Waals surface area (Å²) in [6, 6.07) is 9.91. The quantitative estimate of drug-likeness (QED) is 0.860. The molecule has 0 fully saturated rings. The molecule has 6 nitrogen and oxygen atoms in total. The highest BCUT2D eigenvalue weighted by Crippen LogP contribution is 2.06. The lowest BCUT2D eigenvalue weighted by Crippen LogP contribution is -2.38. The van der Waals surface area contributed by atoms with Gasteiger partial charge in [0.2, 0.25) is 0 Å². The molecule has 0 spiro atoms. The van der Waals surface area contributed by atoms with Crippen molar-refractivity contribution in [2.24, 2.45) is 0 Å². The van der Waals surface area contributed by atoms with Crippen LogP contribution in [-0.2, 0) is 4.79 Å². The second-order valence-corrected chi connectivity index (χ2v) is 4.01. The molecule has 0 radical (unpaired) electrons. The van der Waals surface area contributed by atoms with E-state index in [2.05, 4.69) is 10.4 Å². The number of rotatable bonds is 4. The summed E-state index contributed by atoms with van der Waals surface area (Å²) in [5, 5.41) is 15.2. The summed E-state index contributed by atoms with van der Waals surface area (Å²) in [6.07, 6.45) is 1.65. The van der Waals surface area contributed by atoms with Crippen LogP contribution in [0.15, 0.2) is 42.6 Å². The van der Waals surface area contributed by atoms with E-state index in [9.17, 15) is 9.59 Å². The molecule has 0 bridgehead atoms. The number of aromatic nitrogens is 2. The Hall–Kier alpha value is -2.63. The predicted octanol–water partition coefficient (Wildman–Crippen LogP) is 1.08. The fourth-order valence-corrected chi connectivity index (χ4v) is 1.50. The third-order valence-electron chi connectivity index (χ3n) is 2.56. The lowest BCUT2D eigenvalue weighted by Gasteiger charge is -2.07. The number of amides is 1. The Morgan fingerprint density at radius 3 is 2.58 bits per heavy atom. The number of aliphatic carboxylic acids is 1. The van der Waals surface area contributed by atoms with Crippen molar-refractivity contribution in [3.8, 4) is 5.69 Å². The van der Waals surface area contributed by atoms with E-state index in [4.69, 9.17) is 5.11 Å². The number of nitrogens with zero attached hydrogens (tertiary/aromatic N) is 2. The zero-order valence-electron chi connectivity index (χ0n) is 10.3. The van der Waals surface area contributed by atoms with Crippen LogP contribution < -0.4 is 5.32 Å².